The fourth-order valence-corrected chi connectivity index (χ4v) is 2.30. The lowest BCUT2D eigenvalue weighted by Crippen LogP contribution is -2.21. The molecule has 1 N–H and O–H groups in total. The molecule has 0 bridgehead atoms. The Kier molecular flexibility index (Phi) is 5.57. The topological polar surface area (TPSA) is 39.1 Å². The average Bonchev–Trinajstić information content (AvgIpc) is 2.82. The van der Waals surface area contributed by atoms with E-state index in [1.807, 2.05) is 24.5 Å². The normalized spacial score (nSPS) is 10.8. The Bertz CT molecular complexity index is 513. The van der Waals surface area contributed by atoms with E-state index >= 15 is 0 Å². The largest absolute Gasteiger partial charge is 0.383 e. The minimum atomic E-state index is 0.715. The molecule has 5 heteroatoms. The van der Waals surface area contributed by atoms with Crippen LogP contribution in [-0.2, 0) is 17.8 Å². The molecular weight excluding hydrogens is 306 g/mol. The summed E-state index contributed by atoms with van der Waals surface area (Å²) in [6, 6.07) is 8.33. The molecule has 0 amide bonds. The number of methoxy groups -OCH3 is 1. The molecule has 0 fully saturated rings. The lowest BCUT2D eigenvalue weighted by atomic mass is 10.2. The van der Waals surface area contributed by atoms with E-state index in [4.69, 9.17) is 4.74 Å². The van der Waals surface area contributed by atoms with Gasteiger partial charge in [-0.1, -0.05) is 28.1 Å². The Morgan fingerprint density at radius 2 is 2.32 bits per heavy atom. The Morgan fingerprint density at radius 3 is 3.11 bits per heavy atom. The molecule has 0 spiro atoms. The van der Waals surface area contributed by atoms with Gasteiger partial charge in [0.15, 0.2) is 0 Å². The fraction of sp³-hybridized carbons (Fsp3) is 0.357. The lowest BCUT2D eigenvalue weighted by molar-refractivity contribution is 0.199. The van der Waals surface area contributed by atoms with Gasteiger partial charge in [-0.05, 0) is 17.7 Å². The van der Waals surface area contributed by atoms with Gasteiger partial charge in [0, 0.05) is 37.1 Å². The van der Waals surface area contributed by atoms with Crippen molar-refractivity contribution in [3.05, 3.63) is 52.5 Å². The van der Waals surface area contributed by atoms with Crippen LogP contribution < -0.4 is 5.32 Å². The molecule has 0 saturated carbocycles. The predicted octanol–water partition coefficient (Wildman–Crippen LogP) is 2.43. The van der Waals surface area contributed by atoms with Gasteiger partial charge in [0.25, 0.3) is 0 Å². The molecule has 0 aliphatic rings. The van der Waals surface area contributed by atoms with E-state index in [0.29, 0.717) is 6.61 Å². The Hall–Kier alpha value is -1.17. The molecule has 0 atom stereocenters. The standard InChI is InChI=1S/C14H18BrN3O/c1-19-8-6-16-10-14-17-5-7-18(14)11-12-3-2-4-13(15)9-12/h2-5,7,9,16H,6,8,10-11H2,1H3. The second kappa shape index (κ2) is 7.43. The fourth-order valence-electron chi connectivity index (χ4n) is 1.86. The second-order valence-corrected chi connectivity index (χ2v) is 5.19. The number of nitrogens with zero attached hydrogens (tertiary/aromatic N) is 2. The third kappa shape index (κ3) is 4.45. The van der Waals surface area contributed by atoms with Crippen LogP contribution in [0.15, 0.2) is 41.1 Å². The molecule has 1 aromatic heterocycles. The van der Waals surface area contributed by atoms with Gasteiger partial charge >= 0.3 is 0 Å². The van der Waals surface area contributed by atoms with Crippen LogP contribution in [0.2, 0.25) is 0 Å². The molecule has 0 aliphatic carbocycles. The van der Waals surface area contributed by atoms with Crippen LogP contribution in [-0.4, -0.2) is 29.8 Å². The summed E-state index contributed by atoms with van der Waals surface area (Å²) in [4.78, 5) is 4.38. The van der Waals surface area contributed by atoms with E-state index in [1.165, 1.54) is 5.56 Å². The molecule has 0 aliphatic heterocycles. The van der Waals surface area contributed by atoms with Crippen molar-refractivity contribution in [2.45, 2.75) is 13.1 Å². The van der Waals surface area contributed by atoms with Gasteiger partial charge in [-0.25, -0.2) is 4.98 Å². The van der Waals surface area contributed by atoms with Crippen molar-refractivity contribution >= 4 is 15.9 Å². The number of benzene rings is 1. The van der Waals surface area contributed by atoms with E-state index in [-0.39, 0.29) is 0 Å². The maximum Gasteiger partial charge on any atom is 0.122 e. The molecule has 0 radical (unpaired) electrons. The van der Waals surface area contributed by atoms with E-state index in [1.54, 1.807) is 7.11 Å². The molecule has 0 saturated heterocycles. The van der Waals surface area contributed by atoms with Crippen molar-refractivity contribution in [1.82, 2.24) is 14.9 Å². The Labute approximate surface area is 121 Å². The summed E-state index contributed by atoms with van der Waals surface area (Å²) in [5, 5.41) is 3.31. The smallest absolute Gasteiger partial charge is 0.122 e. The van der Waals surface area contributed by atoms with Gasteiger partial charge in [0.2, 0.25) is 0 Å². The lowest BCUT2D eigenvalue weighted by Gasteiger charge is -2.09. The van der Waals surface area contributed by atoms with E-state index in [0.717, 1.165) is 29.9 Å². The first-order valence-electron chi connectivity index (χ1n) is 6.23. The molecule has 2 aromatic rings. The highest BCUT2D eigenvalue weighted by Crippen LogP contribution is 2.13. The first kappa shape index (κ1) is 14.2. The van der Waals surface area contributed by atoms with Crippen LogP contribution in [0.5, 0.6) is 0 Å². The number of imidazole rings is 1. The molecule has 4 nitrogen and oxygen atoms in total. The Balaban J connectivity index is 1.95. The monoisotopic (exact) mass is 323 g/mol. The van der Waals surface area contributed by atoms with Gasteiger partial charge in [0.1, 0.15) is 5.82 Å². The van der Waals surface area contributed by atoms with Gasteiger partial charge < -0.3 is 14.6 Å². The van der Waals surface area contributed by atoms with Gasteiger partial charge in [-0.3, -0.25) is 0 Å². The molecule has 1 aromatic carbocycles. The molecule has 0 unspecified atom stereocenters. The van der Waals surface area contributed by atoms with Crippen LogP contribution in [0, 0.1) is 0 Å². The van der Waals surface area contributed by atoms with E-state index < -0.39 is 0 Å². The molecule has 19 heavy (non-hydrogen) atoms. The average molecular weight is 324 g/mol. The van der Waals surface area contributed by atoms with Crippen LogP contribution in [0.3, 0.4) is 0 Å². The third-order valence-electron chi connectivity index (χ3n) is 2.81. The van der Waals surface area contributed by atoms with Crippen LogP contribution in [0.1, 0.15) is 11.4 Å². The summed E-state index contributed by atoms with van der Waals surface area (Å²) < 4.78 is 8.26. The number of aromatic nitrogens is 2. The summed E-state index contributed by atoms with van der Waals surface area (Å²) in [6.45, 7) is 3.14. The predicted molar refractivity (Wildman–Crippen MR) is 79.1 cm³/mol. The molecule has 1 heterocycles. The highest BCUT2D eigenvalue weighted by molar-refractivity contribution is 9.10. The summed E-state index contributed by atoms with van der Waals surface area (Å²) >= 11 is 3.49. The minimum absolute atomic E-state index is 0.715. The zero-order valence-electron chi connectivity index (χ0n) is 11.0. The quantitative estimate of drug-likeness (QED) is 0.795. The summed E-state index contributed by atoms with van der Waals surface area (Å²) in [7, 11) is 1.70. The summed E-state index contributed by atoms with van der Waals surface area (Å²) in [5.74, 6) is 1.04. The van der Waals surface area contributed by atoms with E-state index in [9.17, 15) is 0 Å². The maximum absolute atomic E-state index is 5.01. The summed E-state index contributed by atoms with van der Waals surface area (Å²) in [6.07, 6.45) is 3.85. The van der Waals surface area contributed by atoms with Crippen molar-refractivity contribution in [3.63, 3.8) is 0 Å². The minimum Gasteiger partial charge on any atom is -0.383 e. The zero-order valence-corrected chi connectivity index (χ0v) is 12.6. The van der Waals surface area contributed by atoms with Crippen molar-refractivity contribution in [2.24, 2.45) is 0 Å². The number of hydrogen-bond acceptors (Lipinski definition) is 3. The zero-order chi connectivity index (χ0) is 13.5. The van der Waals surface area contributed by atoms with Gasteiger partial charge in [-0.15, -0.1) is 0 Å². The van der Waals surface area contributed by atoms with Crippen LogP contribution in [0.4, 0.5) is 0 Å². The number of nitrogens with one attached hydrogen (secondary N) is 1. The van der Waals surface area contributed by atoms with E-state index in [2.05, 4.69) is 42.9 Å². The second-order valence-electron chi connectivity index (χ2n) is 4.27. The maximum atomic E-state index is 5.01. The molecular formula is C14H18BrN3O. The first-order valence-corrected chi connectivity index (χ1v) is 7.03. The van der Waals surface area contributed by atoms with Crippen LogP contribution in [0.25, 0.3) is 0 Å². The number of rotatable bonds is 7. The van der Waals surface area contributed by atoms with Crippen LogP contribution >= 0.6 is 15.9 Å². The van der Waals surface area contributed by atoms with Crippen molar-refractivity contribution in [2.75, 3.05) is 20.3 Å². The number of halogens is 1. The van der Waals surface area contributed by atoms with Gasteiger partial charge in [0.05, 0.1) is 13.2 Å². The van der Waals surface area contributed by atoms with Crippen molar-refractivity contribution in [1.29, 1.82) is 0 Å². The van der Waals surface area contributed by atoms with Gasteiger partial charge in [-0.2, -0.15) is 0 Å². The first-order chi connectivity index (χ1) is 9.29. The highest BCUT2D eigenvalue weighted by atomic mass is 79.9. The molecule has 2 rings (SSSR count). The number of hydrogen-bond donors (Lipinski definition) is 1. The van der Waals surface area contributed by atoms with Crippen molar-refractivity contribution < 1.29 is 4.74 Å². The third-order valence-corrected chi connectivity index (χ3v) is 3.30. The van der Waals surface area contributed by atoms with Crippen molar-refractivity contribution in [3.8, 4) is 0 Å². The molecule has 102 valence electrons. The highest BCUT2D eigenvalue weighted by Gasteiger charge is 2.03. The summed E-state index contributed by atoms with van der Waals surface area (Å²) in [5.41, 5.74) is 1.26. The SMILES string of the molecule is COCCNCc1nccn1Cc1cccc(Br)c1. The Morgan fingerprint density at radius 1 is 1.42 bits per heavy atom. The number of ether oxygens (including phenoxy) is 1.